The van der Waals surface area contributed by atoms with E-state index >= 15 is 4.39 Å². The van der Waals surface area contributed by atoms with E-state index in [2.05, 4.69) is 25.3 Å². The van der Waals surface area contributed by atoms with E-state index in [0.717, 1.165) is 49.4 Å². The Morgan fingerprint density at radius 2 is 2.02 bits per heavy atom. The molecule has 2 aromatic carbocycles. The number of rotatable bonds is 13. The largest absolute Gasteiger partial charge is 0.573 e. The highest BCUT2D eigenvalue weighted by molar-refractivity contribution is 5.83. The van der Waals surface area contributed by atoms with Crippen LogP contribution in [0.15, 0.2) is 47.4 Å². The predicted molar refractivity (Wildman–Crippen MR) is 181 cm³/mol. The van der Waals surface area contributed by atoms with Gasteiger partial charge in [0.1, 0.15) is 5.65 Å². The molecule has 0 unspecified atom stereocenters. The molecule has 10 nitrogen and oxygen atoms in total. The SMILES string of the molecule is COC[C@H](N)CCCc1cc(OC(F)(F)F)c(F)c(-c2cc3cn(-c4ccc([C@@H]5CCC[C@@H](CCNC(C)=N)N5)c(C)c4)c(=O)nc3[nH]2)c1. The van der Waals surface area contributed by atoms with Crippen molar-refractivity contribution in [2.24, 2.45) is 5.73 Å². The van der Waals surface area contributed by atoms with Crippen LogP contribution in [0, 0.1) is 18.2 Å². The maximum absolute atomic E-state index is 15.5. The third-order valence-corrected chi connectivity index (χ3v) is 8.82. The summed E-state index contributed by atoms with van der Waals surface area (Å²) in [7, 11) is 1.53. The molecule has 49 heavy (non-hydrogen) atoms. The number of aromatic amines is 1. The van der Waals surface area contributed by atoms with Crippen molar-refractivity contribution >= 4 is 16.9 Å². The molecule has 4 aromatic rings. The van der Waals surface area contributed by atoms with Gasteiger partial charge in [-0.3, -0.25) is 9.98 Å². The average Bonchev–Trinajstić information content (AvgIpc) is 3.44. The molecule has 1 fully saturated rings. The van der Waals surface area contributed by atoms with Crippen molar-refractivity contribution in [3.05, 3.63) is 75.6 Å². The summed E-state index contributed by atoms with van der Waals surface area (Å²) >= 11 is 0. The third kappa shape index (κ3) is 9.25. The lowest BCUT2D eigenvalue weighted by atomic mass is 9.90. The number of nitrogens with one attached hydrogen (secondary N) is 4. The fraction of sp³-hybridized carbons (Fsp3) is 0.457. The van der Waals surface area contributed by atoms with E-state index in [1.807, 2.05) is 25.1 Å². The number of H-pyrrole nitrogens is 1. The van der Waals surface area contributed by atoms with E-state index in [1.165, 1.54) is 17.7 Å². The molecule has 264 valence electrons. The van der Waals surface area contributed by atoms with Crippen LogP contribution in [0.25, 0.3) is 28.0 Å². The predicted octanol–water partition coefficient (Wildman–Crippen LogP) is 6.18. The summed E-state index contributed by atoms with van der Waals surface area (Å²) in [6.07, 6.45) is 1.96. The Morgan fingerprint density at radius 1 is 1.22 bits per heavy atom. The number of amidine groups is 1. The van der Waals surface area contributed by atoms with Crippen molar-refractivity contribution in [1.82, 2.24) is 25.2 Å². The Kier molecular flexibility index (Phi) is 11.4. The number of methoxy groups -OCH3 is 1. The standard InChI is InChI=1S/C35H43F4N7O3/c1-20-14-26(10-11-27(20)29-9-5-8-25(43-29)12-13-42-21(2)40)46-18-23-17-30(44-33(23)45-34(46)47)28-15-22(6-4-7-24(41)19-48-3)16-31(32(28)36)49-35(37,38)39/h10-11,14-18,24-25,29,43H,4-9,12-13,19,41H2,1-3H3,(H2,40,42)(H,44,45,47)/t24-,25+,29+/m1/s1. The first-order valence-corrected chi connectivity index (χ1v) is 16.4. The molecule has 3 heterocycles. The maximum atomic E-state index is 15.5. The molecule has 0 aliphatic carbocycles. The maximum Gasteiger partial charge on any atom is 0.573 e. The highest BCUT2D eigenvalue weighted by atomic mass is 19.4. The number of aromatic nitrogens is 3. The molecule has 2 aromatic heterocycles. The van der Waals surface area contributed by atoms with Crippen LogP contribution in [0.4, 0.5) is 17.6 Å². The molecule has 0 amide bonds. The van der Waals surface area contributed by atoms with Crippen LogP contribution in [0.2, 0.25) is 0 Å². The van der Waals surface area contributed by atoms with Crippen LogP contribution < -0.4 is 26.8 Å². The molecule has 14 heteroatoms. The van der Waals surface area contributed by atoms with Gasteiger partial charge in [0, 0.05) is 48.9 Å². The number of aryl methyl sites for hydroxylation is 2. The first-order chi connectivity index (χ1) is 23.3. The summed E-state index contributed by atoms with van der Waals surface area (Å²) in [5, 5.41) is 14.9. The summed E-state index contributed by atoms with van der Waals surface area (Å²) in [4.78, 5) is 20.3. The number of halogens is 4. The van der Waals surface area contributed by atoms with E-state index in [1.54, 1.807) is 19.2 Å². The van der Waals surface area contributed by atoms with Gasteiger partial charge in [0.15, 0.2) is 11.6 Å². The number of hydrogen-bond donors (Lipinski definition) is 5. The first-order valence-electron chi connectivity index (χ1n) is 16.4. The van der Waals surface area contributed by atoms with Gasteiger partial charge in [-0.15, -0.1) is 13.2 Å². The van der Waals surface area contributed by atoms with Crippen molar-refractivity contribution in [1.29, 1.82) is 5.41 Å². The summed E-state index contributed by atoms with van der Waals surface area (Å²) in [6, 6.07) is 10.1. The lowest BCUT2D eigenvalue weighted by Gasteiger charge is -2.32. The minimum atomic E-state index is -5.09. The van der Waals surface area contributed by atoms with Crippen LogP contribution in [0.1, 0.15) is 68.2 Å². The third-order valence-electron chi connectivity index (χ3n) is 8.82. The lowest BCUT2D eigenvalue weighted by molar-refractivity contribution is -0.275. The van der Waals surface area contributed by atoms with Gasteiger partial charge in [-0.25, -0.2) is 9.18 Å². The quantitative estimate of drug-likeness (QED) is 0.0643. The van der Waals surface area contributed by atoms with Crippen LogP contribution in [0.5, 0.6) is 5.75 Å². The minimum absolute atomic E-state index is 0.142. The fourth-order valence-electron chi connectivity index (χ4n) is 6.51. The second-order valence-electron chi connectivity index (χ2n) is 12.7. The van der Waals surface area contributed by atoms with Gasteiger partial charge in [-0.1, -0.05) is 12.5 Å². The molecule has 6 N–H and O–H groups in total. The second-order valence-corrected chi connectivity index (χ2v) is 12.7. The first kappa shape index (κ1) is 36.0. The number of alkyl halides is 3. The van der Waals surface area contributed by atoms with Gasteiger partial charge in [0.25, 0.3) is 0 Å². The van der Waals surface area contributed by atoms with Gasteiger partial charge in [-0.05, 0) is 99.4 Å². The second kappa shape index (κ2) is 15.5. The van der Waals surface area contributed by atoms with E-state index in [4.69, 9.17) is 15.9 Å². The van der Waals surface area contributed by atoms with Crippen LogP contribution in [0.3, 0.4) is 0 Å². The number of piperidine rings is 1. The smallest absolute Gasteiger partial charge is 0.403 e. The molecule has 0 saturated carbocycles. The normalized spacial score (nSPS) is 17.3. The van der Waals surface area contributed by atoms with Crippen molar-refractivity contribution in [2.75, 3.05) is 20.3 Å². The summed E-state index contributed by atoms with van der Waals surface area (Å²) in [6.45, 7) is 4.80. The number of nitrogens with two attached hydrogens (primary N) is 1. The van der Waals surface area contributed by atoms with Crippen molar-refractivity contribution in [3.8, 4) is 22.7 Å². The van der Waals surface area contributed by atoms with Crippen LogP contribution in [-0.2, 0) is 11.2 Å². The number of nitrogens with zero attached hydrogens (tertiary/aromatic N) is 2. The summed E-state index contributed by atoms with van der Waals surface area (Å²) < 4.78 is 65.6. The van der Waals surface area contributed by atoms with Gasteiger partial charge in [0.05, 0.1) is 23.8 Å². The Hall–Kier alpha value is -4.27. The Balaban J connectivity index is 1.41. The fourth-order valence-corrected chi connectivity index (χ4v) is 6.51. The molecule has 3 atom stereocenters. The van der Waals surface area contributed by atoms with Gasteiger partial charge in [0.2, 0.25) is 0 Å². The van der Waals surface area contributed by atoms with Crippen molar-refractivity contribution in [3.63, 3.8) is 0 Å². The molecule has 0 bridgehead atoms. The minimum Gasteiger partial charge on any atom is -0.403 e. The average molecular weight is 686 g/mol. The van der Waals surface area contributed by atoms with E-state index in [-0.39, 0.29) is 29.0 Å². The van der Waals surface area contributed by atoms with E-state index < -0.39 is 23.6 Å². The van der Waals surface area contributed by atoms with Crippen molar-refractivity contribution < 1.29 is 27.0 Å². The lowest BCUT2D eigenvalue weighted by Crippen LogP contribution is -2.39. The summed E-state index contributed by atoms with van der Waals surface area (Å²) in [5.74, 6) is -1.68. The number of benzene rings is 2. The highest BCUT2D eigenvalue weighted by Crippen LogP contribution is 2.35. The highest BCUT2D eigenvalue weighted by Gasteiger charge is 2.33. The zero-order valence-corrected chi connectivity index (χ0v) is 27.8. The Bertz CT molecular complexity index is 1840. The van der Waals surface area contributed by atoms with Crippen LogP contribution >= 0.6 is 0 Å². The van der Waals surface area contributed by atoms with Crippen LogP contribution in [-0.4, -0.2) is 59.1 Å². The van der Waals surface area contributed by atoms with Gasteiger partial charge in [-0.2, -0.15) is 4.98 Å². The molecule has 0 radical (unpaired) electrons. The van der Waals surface area contributed by atoms with Gasteiger partial charge < -0.3 is 30.8 Å². The molecular formula is C35H43F4N7O3. The summed E-state index contributed by atoms with van der Waals surface area (Å²) in [5.41, 5.74) is 8.77. The molecule has 1 saturated heterocycles. The molecule has 5 rings (SSSR count). The van der Waals surface area contributed by atoms with Gasteiger partial charge >= 0.3 is 12.1 Å². The zero-order chi connectivity index (χ0) is 35.3. The molecule has 1 aliphatic rings. The van der Waals surface area contributed by atoms with E-state index in [0.29, 0.717) is 54.4 Å². The molecule has 0 spiro atoms. The number of ether oxygens (including phenoxy) is 2. The van der Waals surface area contributed by atoms with Crippen molar-refractivity contribution in [2.45, 2.75) is 83.3 Å². The Morgan fingerprint density at radius 3 is 2.73 bits per heavy atom. The van der Waals surface area contributed by atoms with E-state index in [9.17, 15) is 18.0 Å². The molecular weight excluding hydrogens is 642 g/mol. The molecule has 1 aliphatic heterocycles. The zero-order valence-electron chi connectivity index (χ0n) is 27.8. The Labute approximate surface area is 281 Å². The number of fused-ring (bicyclic) bond motifs is 1. The number of hydrogen-bond acceptors (Lipinski definition) is 7. The monoisotopic (exact) mass is 685 g/mol. The topological polar surface area (TPSA) is 143 Å².